The Hall–Kier alpha value is -2.55. The van der Waals surface area contributed by atoms with Crippen molar-refractivity contribution in [3.63, 3.8) is 0 Å². The molecule has 0 aromatic heterocycles. The first-order valence-electron chi connectivity index (χ1n) is 7.85. The summed E-state index contributed by atoms with van der Waals surface area (Å²) in [5, 5.41) is 12.2. The predicted molar refractivity (Wildman–Crippen MR) is 89.5 cm³/mol. The summed E-state index contributed by atoms with van der Waals surface area (Å²) in [4.78, 5) is 17.6. The number of nitriles is 1. The number of nitrogens with zero attached hydrogens (tertiary/aromatic N) is 3. The van der Waals surface area contributed by atoms with Crippen LogP contribution in [0.25, 0.3) is 0 Å². The monoisotopic (exact) mass is 313 g/mol. The molecule has 1 aromatic rings. The zero-order chi connectivity index (χ0) is 16.7. The van der Waals surface area contributed by atoms with Crippen LogP contribution in [-0.4, -0.2) is 36.9 Å². The molecular weight excluding hydrogens is 290 g/mol. The molecule has 0 spiro atoms. The molecule has 6 heteroatoms. The minimum atomic E-state index is -0.239. The maximum absolute atomic E-state index is 11.1. The van der Waals surface area contributed by atoms with E-state index in [9.17, 15) is 4.79 Å². The van der Waals surface area contributed by atoms with Crippen molar-refractivity contribution in [2.24, 2.45) is 16.6 Å². The Balaban J connectivity index is 1.91. The smallest absolute Gasteiger partial charge is 0.217 e. The van der Waals surface area contributed by atoms with Crippen LogP contribution in [0.2, 0.25) is 0 Å². The van der Waals surface area contributed by atoms with Gasteiger partial charge < -0.3 is 16.0 Å². The molecule has 0 aliphatic carbocycles. The van der Waals surface area contributed by atoms with Crippen molar-refractivity contribution < 1.29 is 4.79 Å². The Kier molecular flexibility index (Phi) is 5.98. The number of hydrogen-bond donors (Lipinski definition) is 2. The molecule has 1 atom stereocenters. The van der Waals surface area contributed by atoms with Crippen molar-refractivity contribution in [3.05, 3.63) is 35.4 Å². The molecule has 0 bridgehead atoms. The minimum Gasteiger partial charge on any atom is -0.370 e. The van der Waals surface area contributed by atoms with Gasteiger partial charge >= 0.3 is 0 Å². The maximum Gasteiger partial charge on any atom is 0.217 e. The minimum absolute atomic E-state index is 0.239. The average molecular weight is 313 g/mol. The lowest BCUT2D eigenvalue weighted by atomic mass is 9.95. The summed E-state index contributed by atoms with van der Waals surface area (Å²) in [6.45, 7) is 2.38. The van der Waals surface area contributed by atoms with Gasteiger partial charge in [-0.25, -0.2) is 0 Å². The predicted octanol–water partition coefficient (Wildman–Crippen LogP) is 1.22. The van der Waals surface area contributed by atoms with E-state index in [0.29, 0.717) is 24.4 Å². The van der Waals surface area contributed by atoms with E-state index in [1.54, 1.807) is 7.05 Å². The van der Waals surface area contributed by atoms with Gasteiger partial charge in [0.05, 0.1) is 11.6 Å². The number of primary amides is 1. The normalized spacial score (nSPS) is 18.3. The van der Waals surface area contributed by atoms with Gasteiger partial charge in [0.25, 0.3) is 0 Å². The van der Waals surface area contributed by atoms with Crippen LogP contribution in [0, 0.1) is 17.2 Å². The molecule has 1 saturated heterocycles. The van der Waals surface area contributed by atoms with Crippen molar-refractivity contribution in [1.82, 2.24) is 10.2 Å². The Labute approximate surface area is 137 Å². The summed E-state index contributed by atoms with van der Waals surface area (Å²) >= 11 is 0. The summed E-state index contributed by atoms with van der Waals surface area (Å²) < 4.78 is 0. The lowest BCUT2D eigenvalue weighted by Crippen LogP contribution is -2.46. The van der Waals surface area contributed by atoms with Crippen LogP contribution in [0.4, 0.5) is 0 Å². The van der Waals surface area contributed by atoms with Crippen molar-refractivity contribution in [1.29, 1.82) is 5.26 Å². The number of piperidine rings is 1. The van der Waals surface area contributed by atoms with Crippen molar-refractivity contribution in [2.75, 3.05) is 20.1 Å². The number of hydrogen-bond acceptors (Lipinski definition) is 3. The van der Waals surface area contributed by atoms with E-state index >= 15 is 0 Å². The number of benzene rings is 1. The molecule has 2 rings (SSSR count). The Morgan fingerprint density at radius 2 is 2.22 bits per heavy atom. The number of carbonyl (C=O) groups is 1. The molecule has 3 N–H and O–H groups in total. The summed E-state index contributed by atoms with van der Waals surface area (Å²) in [5.74, 6) is 0.899. The highest BCUT2D eigenvalue weighted by atomic mass is 16.1. The second-order valence-electron chi connectivity index (χ2n) is 5.83. The molecule has 1 fully saturated rings. The first-order valence-corrected chi connectivity index (χ1v) is 7.85. The van der Waals surface area contributed by atoms with Crippen molar-refractivity contribution in [2.45, 2.75) is 25.8 Å². The van der Waals surface area contributed by atoms with E-state index in [1.807, 2.05) is 24.3 Å². The van der Waals surface area contributed by atoms with E-state index in [-0.39, 0.29) is 5.91 Å². The van der Waals surface area contributed by atoms with E-state index in [0.717, 1.165) is 37.5 Å². The van der Waals surface area contributed by atoms with Gasteiger partial charge in [-0.15, -0.1) is 0 Å². The van der Waals surface area contributed by atoms with Crippen LogP contribution in [-0.2, 0) is 11.3 Å². The van der Waals surface area contributed by atoms with Crippen LogP contribution in [0.3, 0.4) is 0 Å². The molecule has 1 aromatic carbocycles. The Morgan fingerprint density at radius 1 is 1.48 bits per heavy atom. The highest BCUT2D eigenvalue weighted by Crippen LogP contribution is 2.19. The van der Waals surface area contributed by atoms with Crippen molar-refractivity contribution in [3.8, 4) is 6.07 Å². The fourth-order valence-corrected chi connectivity index (χ4v) is 2.92. The molecule has 6 nitrogen and oxygen atoms in total. The number of guanidine groups is 1. The average Bonchev–Trinajstić information content (AvgIpc) is 2.56. The molecule has 122 valence electrons. The first-order chi connectivity index (χ1) is 11.1. The van der Waals surface area contributed by atoms with E-state index in [4.69, 9.17) is 11.0 Å². The van der Waals surface area contributed by atoms with E-state index < -0.39 is 0 Å². The third-order valence-corrected chi connectivity index (χ3v) is 4.05. The third-order valence-electron chi connectivity index (χ3n) is 4.05. The number of rotatable bonds is 4. The van der Waals surface area contributed by atoms with Gasteiger partial charge in [-0.1, -0.05) is 12.1 Å². The van der Waals surface area contributed by atoms with Gasteiger partial charge in [-0.3, -0.25) is 9.79 Å². The molecular formula is C17H23N5O. The molecule has 23 heavy (non-hydrogen) atoms. The highest BCUT2D eigenvalue weighted by Gasteiger charge is 2.23. The fraction of sp³-hybridized carbons (Fsp3) is 0.471. The van der Waals surface area contributed by atoms with Crippen LogP contribution in [0.15, 0.2) is 29.3 Å². The topological polar surface area (TPSA) is 94.5 Å². The molecule has 1 heterocycles. The molecule has 1 aliphatic heterocycles. The highest BCUT2D eigenvalue weighted by molar-refractivity contribution is 5.80. The first kappa shape index (κ1) is 16.8. The van der Waals surface area contributed by atoms with E-state index in [2.05, 4.69) is 21.3 Å². The number of nitrogens with one attached hydrogen (secondary N) is 1. The number of likely N-dealkylation sites (tertiary alicyclic amines) is 1. The lowest BCUT2D eigenvalue weighted by molar-refractivity contribution is -0.119. The largest absolute Gasteiger partial charge is 0.370 e. The number of aliphatic imine (C=N–C) groups is 1. The Bertz CT molecular complexity index is 602. The standard InChI is InChI=1S/C17H23N5O/c1-20-17(21-11-14-6-4-13(10-18)5-7-14)22-8-2-3-15(12-22)9-16(19)23/h4-7,15H,2-3,8-9,11-12H2,1H3,(H2,19,23)(H,20,21). The van der Waals surface area contributed by atoms with Crippen LogP contribution in [0.1, 0.15) is 30.4 Å². The number of nitrogens with two attached hydrogens (primary N) is 1. The maximum atomic E-state index is 11.1. The van der Waals surface area contributed by atoms with Gasteiger partial charge in [0.2, 0.25) is 5.91 Å². The second kappa shape index (κ2) is 8.18. The molecule has 1 unspecified atom stereocenters. The van der Waals surface area contributed by atoms with Crippen molar-refractivity contribution >= 4 is 11.9 Å². The summed E-state index contributed by atoms with van der Waals surface area (Å²) in [6.07, 6.45) is 2.50. The van der Waals surface area contributed by atoms with Gasteiger partial charge in [-0.2, -0.15) is 5.26 Å². The van der Waals surface area contributed by atoms with Gasteiger partial charge in [0.15, 0.2) is 5.96 Å². The summed E-state index contributed by atoms with van der Waals surface area (Å²) in [7, 11) is 1.76. The SMILES string of the molecule is CN=C(NCc1ccc(C#N)cc1)N1CCCC(CC(N)=O)C1. The second-order valence-corrected chi connectivity index (χ2v) is 5.83. The molecule has 0 radical (unpaired) electrons. The zero-order valence-electron chi connectivity index (χ0n) is 13.5. The summed E-state index contributed by atoms with van der Waals surface area (Å²) in [5.41, 5.74) is 7.06. The quantitative estimate of drug-likeness (QED) is 0.645. The summed E-state index contributed by atoms with van der Waals surface area (Å²) in [6, 6.07) is 9.60. The van der Waals surface area contributed by atoms with Crippen LogP contribution >= 0.6 is 0 Å². The zero-order valence-corrected chi connectivity index (χ0v) is 13.5. The van der Waals surface area contributed by atoms with E-state index in [1.165, 1.54) is 0 Å². The third kappa shape index (κ3) is 4.99. The molecule has 1 amide bonds. The van der Waals surface area contributed by atoms with Crippen LogP contribution < -0.4 is 11.1 Å². The van der Waals surface area contributed by atoms with Gasteiger partial charge in [0, 0.05) is 33.1 Å². The Morgan fingerprint density at radius 3 is 2.83 bits per heavy atom. The molecule has 0 saturated carbocycles. The van der Waals surface area contributed by atoms with Gasteiger partial charge in [-0.05, 0) is 36.5 Å². The van der Waals surface area contributed by atoms with Crippen LogP contribution in [0.5, 0.6) is 0 Å². The van der Waals surface area contributed by atoms with Gasteiger partial charge in [0.1, 0.15) is 0 Å². The lowest BCUT2D eigenvalue weighted by Gasteiger charge is -2.34. The fourth-order valence-electron chi connectivity index (χ4n) is 2.92. The number of carbonyl (C=O) groups excluding carboxylic acids is 1. The number of amides is 1. The molecule has 1 aliphatic rings.